The van der Waals surface area contributed by atoms with Crippen molar-refractivity contribution in [2.45, 2.75) is 38.1 Å². The minimum Gasteiger partial charge on any atom is -0.477 e. The molecule has 0 aliphatic heterocycles. The van der Waals surface area contributed by atoms with Crippen molar-refractivity contribution < 1.29 is 29.4 Å². The minimum absolute atomic E-state index is 0.252. The Bertz CT molecular complexity index is 2000. The SMILES string of the molecule is O=Cc1cnn2c(CC3CC3)cc(-c3csc(C(=O)O)c3)nc12.O=Cc1cnn2c(NC3CC3)cc(-c3csc(C(=O)O)c3)nc12. The van der Waals surface area contributed by atoms with Crippen LogP contribution in [-0.2, 0) is 6.42 Å². The summed E-state index contributed by atoms with van der Waals surface area (Å²) < 4.78 is 3.33. The van der Waals surface area contributed by atoms with E-state index >= 15 is 0 Å². The molecular formula is C31H25N7O6S2. The fourth-order valence-electron chi connectivity index (χ4n) is 4.95. The molecule has 6 aromatic rings. The molecule has 0 saturated heterocycles. The van der Waals surface area contributed by atoms with E-state index < -0.39 is 11.9 Å². The summed E-state index contributed by atoms with van der Waals surface area (Å²) >= 11 is 2.32. The minimum atomic E-state index is -0.961. The molecule has 2 fully saturated rings. The lowest BCUT2D eigenvalue weighted by molar-refractivity contribution is 0.0691. The van der Waals surface area contributed by atoms with E-state index in [1.165, 1.54) is 36.6 Å². The van der Waals surface area contributed by atoms with Crippen LogP contribution in [0.4, 0.5) is 5.82 Å². The molecule has 6 heterocycles. The molecule has 232 valence electrons. The van der Waals surface area contributed by atoms with Crippen LogP contribution >= 0.6 is 22.7 Å². The number of aldehydes is 2. The first-order valence-electron chi connectivity index (χ1n) is 14.4. The molecule has 46 heavy (non-hydrogen) atoms. The smallest absolute Gasteiger partial charge is 0.345 e. The van der Waals surface area contributed by atoms with Crippen molar-refractivity contribution in [3.8, 4) is 22.5 Å². The Morgan fingerprint density at radius 3 is 1.85 bits per heavy atom. The zero-order chi connectivity index (χ0) is 31.9. The van der Waals surface area contributed by atoms with E-state index in [9.17, 15) is 19.2 Å². The number of hydrogen-bond acceptors (Lipinski definition) is 11. The lowest BCUT2D eigenvalue weighted by atomic mass is 10.1. The number of carboxylic acids is 2. The van der Waals surface area contributed by atoms with E-state index in [-0.39, 0.29) is 9.75 Å². The van der Waals surface area contributed by atoms with Gasteiger partial charge in [0.2, 0.25) is 0 Å². The van der Waals surface area contributed by atoms with E-state index in [0.717, 1.165) is 60.2 Å². The number of aromatic carboxylic acids is 2. The molecular weight excluding hydrogens is 631 g/mol. The van der Waals surface area contributed by atoms with Gasteiger partial charge in [-0.3, -0.25) is 9.59 Å². The highest BCUT2D eigenvalue weighted by Crippen LogP contribution is 2.34. The third kappa shape index (κ3) is 5.89. The van der Waals surface area contributed by atoms with E-state index in [4.69, 9.17) is 10.2 Å². The summed E-state index contributed by atoms with van der Waals surface area (Å²) in [6.45, 7) is 0. The molecule has 0 spiro atoms. The average molecular weight is 656 g/mol. The highest BCUT2D eigenvalue weighted by Gasteiger charge is 2.25. The molecule has 2 aliphatic carbocycles. The Morgan fingerprint density at radius 2 is 1.35 bits per heavy atom. The van der Waals surface area contributed by atoms with Gasteiger partial charge in [0.05, 0.1) is 34.9 Å². The van der Waals surface area contributed by atoms with Gasteiger partial charge in [-0.05, 0) is 56.2 Å². The van der Waals surface area contributed by atoms with Crippen LogP contribution in [0.2, 0.25) is 0 Å². The second kappa shape index (κ2) is 11.9. The van der Waals surface area contributed by atoms with Crippen LogP contribution in [0.3, 0.4) is 0 Å². The molecule has 15 heteroatoms. The third-order valence-electron chi connectivity index (χ3n) is 7.66. The molecule has 0 radical (unpaired) electrons. The van der Waals surface area contributed by atoms with Crippen molar-refractivity contribution in [1.29, 1.82) is 0 Å². The van der Waals surface area contributed by atoms with Crippen molar-refractivity contribution >= 4 is 64.3 Å². The number of thiophene rings is 2. The first-order chi connectivity index (χ1) is 22.3. The van der Waals surface area contributed by atoms with Crippen LogP contribution in [0.5, 0.6) is 0 Å². The number of carbonyl (C=O) groups excluding carboxylic acids is 2. The summed E-state index contributed by atoms with van der Waals surface area (Å²) in [5.41, 5.74) is 5.60. The van der Waals surface area contributed by atoms with Crippen molar-refractivity contribution in [1.82, 2.24) is 29.2 Å². The average Bonchev–Trinajstić information content (AvgIpc) is 3.75. The lowest BCUT2D eigenvalue weighted by Gasteiger charge is -2.09. The van der Waals surface area contributed by atoms with Crippen molar-refractivity contribution in [2.75, 3.05) is 5.32 Å². The standard InChI is InChI=1S/C16H13N3O3S.C15H12N4O3S/c20-7-11-6-17-19-12(3-9-1-2-9)5-13(18-15(11)19)10-4-14(16(21)22)23-8-10;20-6-9-5-16-19-13(17-10-1-2-10)4-11(18-14(9)19)8-3-12(15(21)22)23-7-8/h4-9H,1-3H2,(H,21,22);3-7,10,17H,1-2H2,(H,21,22). The zero-order valence-electron chi connectivity index (χ0n) is 24.0. The predicted molar refractivity (Wildman–Crippen MR) is 170 cm³/mol. The highest BCUT2D eigenvalue weighted by molar-refractivity contribution is 7.12. The van der Waals surface area contributed by atoms with Crippen LogP contribution in [0.15, 0.2) is 47.4 Å². The topological polar surface area (TPSA) is 181 Å². The molecule has 2 saturated carbocycles. The monoisotopic (exact) mass is 655 g/mol. The molecule has 2 aliphatic rings. The van der Waals surface area contributed by atoms with Crippen LogP contribution in [0.25, 0.3) is 33.8 Å². The molecule has 0 amide bonds. The number of carbonyl (C=O) groups is 4. The second-order valence-corrected chi connectivity index (χ2v) is 13.0. The summed E-state index contributed by atoms with van der Waals surface area (Å²) in [5, 5.41) is 33.5. The van der Waals surface area contributed by atoms with Crippen LogP contribution in [-0.4, -0.2) is 70.0 Å². The van der Waals surface area contributed by atoms with Crippen LogP contribution in [0.1, 0.15) is 71.4 Å². The summed E-state index contributed by atoms with van der Waals surface area (Å²) in [4.78, 5) is 54.0. The normalized spacial score (nSPS) is 14.2. The number of rotatable bonds is 10. The molecule has 13 nitrogen and oxygen atoms in total. The number of nitrogens with one attached hydrogen (secondary N) is 1. The Balaban J connectivity index is 0.000000147. The zero-order valence-corrected chi connectivity index (χ0v) is 25.6. The quantitative estimate of drug-likeness (QED) is 0.159. The van der Waals surface area contributed by atoms with Gasteiger partial charge in [-0.2, -0.15) is 14.7 Å². The van der Waals surface area contributed by atoms with Crippen LogP contribution < -0.4 is 5.32 Å². The fraction of sp³-hybridized carbons (Fsp3) is 0.226. The summed E-state index contributed by atoms with van der Waals surface area (Å²) in [6, 6.07) is 7.39. The van der Waals surface area contributed by atoms with Gasteiger partial charge in [0, 0.05) is 39.7 Å². The number of carboxylic acid groups (broad SMARTS) is 2. The van der Waals surface area contributed by atoms with Gasteiger partial charge in [-0.25, -0.2) is 24.1 Å². The fourth-order valence-corrected chi connectivity index (χ4v) is 6.43. The second-order valence-electron chi connectivity index (χ2n) is 11.1. The summed E-state index contributed by atoms with van der Waals surface area (Å²) in [6.07, 6.45) is 9.98. The van der Waals surface area contributed by atoms with Gasteiger partial charge in [-0.1, -0.05) is 0 Å². The molecule has 0 atom stereocenters. The Labute approximate surface area is 268 Å². The number of aromatic nitrogens is 6. The van der Waals surface area contributed by atoms with Gasteiger partial charge >= 0.3 is 11.9 Å². The maximum atomic E-state index is 11.2. The third-order valence-corrected chi connectivity index (χ3v) is 9.50. The predicted octanol–water partition coefficient (Wildman–Crippen LogP) is 5.46. The lowest BCUT2D eigenvalue weighted by Crippen LogP contribution is -2.08. The van der Waals surface area contributed by atoms with Gasteiger partial charge in [-0.15, -0.1) is 22.7 Å². The Kier molecular flexibility index (Phi) is 7.62. The van der Waals surface area contributed by atoms with E-state index in [0.29, 0.717) is 51.3 Å². The number of hydrogen-bond donors (Lipinski definition) is 3. The Hall–Kier alpha value is -5.28. The molecule has 3 N–H and O–H groups in total. The molecule has 0 unspecified atom stereocenters. The largest absolute Gasteiger partial charge is 0.477 e. The first-order valence-corrected chi connectivity index (χ1v) is 16.1. The molecule has 6 aromatic heterocycles. The van der Waals surface area contributed by atoms with Crippen molar-refractivity contribution in [3.63, 3.8) is 0 Å². The van der Waals surface area contributed by atoms with Gasteiger partial charge in [0.25, 0.3) is 0 Å². The molecule has 0 bridgehead atoms. The van der Waals surface area contributed by atoms with E-state index in [1.54, 1.807) is 31.9 Å². The van der Waals surface area contributed by atoms with Crippen molar-refractivity contribution in [2.24, 2.45) is 5.92 Å². The van der Waals surface area contributed by atoms with E-state index in [1.807, 2.05) is 12.1 Å². The molecule has 8 rings (SSSR count). The Morgan fingerprint density at radius 1 is 0.804 bits per heavy atom. The number of anilines is 1. The van der Waals surface area contributed by atoms with E-state index in [2.05, 4.69) is 25.5 Å². The summed E-state index contributed by atoms with van der Waals surface area (Å²) in [7, 11) is 0. The maximum Gasteiger partial charge on any atom is 0.345 e. The number of nitrogens with zero attached hydrogens (tertiary/aromatic N) is 6. The van der Waals surface area contributed by atoms with Crippen molar-refractivity contribution in [3.05, 3.63) is 74.0 Å². The maximum absolute atomic E-state index is 11.2. The van der Waals surface area contributed by atoms with Gasteiger partial charge in [0.15, 0.2) is 23.9 Å². The first kappa shape index (κ1) is 29.4. The van der Waals surface area contributed by atoms with Gasteiger partial charge in [0.1, 0.15) is 15.6 Å². The molecule has 0 aromatic carbocycles. The summed E-state index contributed by atoms with van der Waals surface area (Å²) in [5.74, 6) is -0.492. The van der Waals surface area contributed by atoms with Gasteiger partial charge < -0.3 is 15.5 Å². The highest BCUT2D eigenvalue weighted by atomic mass is 32.1. The van der Waals surface area contributed by atoms with Crippen LogP contribution in [0, 0.1) is 5.92 Å². The number of fused-ring (bicyclic) bond motifs is 2.